The summed E-state index contributed by atoms with van der Waals surface area (Å²) in [5, 5.41) is 6.25. The monoisotopic (exact) mass is 770 g/mol. The zero-order valence-electron chi connectivity index (χ0n) is 31.6. The van der Waals surface area contributed by atoms with Gasteiger partial charge >= 0.3 is 21.1 Å². The standard InChI is InChI=1S/C35H39N6.CN.Pt/c1-22(2)25-17-29(23(3)4)33(30(18-25)24(5)6)26-15-27(40-20-38(7)31-11-9-13-36-34(31)40)19-28(16-26)41-21-39(8)32-12-10-14-37-35(32)41;1-2;/h9-18,20-24H,1-8H3;;/q-3;-1;+4/i7D3,8D3;;. The zero-order valence-corrected chi connectivity index (χ0v) is 27.9. The molecule has 0 radical (unpaired) electrons. The van der Waals surface area contributed by atoms with Crippen molar-refractivity contribution in [3.05, 3.63) is 104 Å². The van der Waals surface area contributed by atoms with Crippen LogP contribution in [0.1, 0.15) is 84.2 Å². The summed E-state index contributed by atoms with van der Waals surface area (Å²) in [7, 11) is 0. The quantitative estimate of drug-likeness (QED) is 0.182. The fraction of sp³-hybridized carbons (Fsp3) is 0.306. The molecular weight excluding hydrogens is 726 g/mol. The maximum atomic E-state index is 8.22. The number of hydrogen-bond donors (Lipinski definition) is 0. The Balaban J connectivity index is 0.00000184. The molecule has 0 aliphatic carbocycles. The van der Waals surface area contributed by atoms with Gasteiger partial charge in [0.2, 0.25) is 0 Å². The molecule has 4 aromatic rings. The Morgan fingerprint density at radius 2 is 1.20 bits per heavy atom. The average Bonchev–Trinajstić information content (AvgIpc) is 3.65. The van der Waals surface area contributed by atoms with Gasteiger partial charge in [0, 0.05) is 32.0 Å². The van der Waals surface area contributed by atoms with E-state index in [9.17, 15) is 0 Å². The molecule has 6 rings (SSSR count). The first-order chi connectivity index (χ1) is 23.1. The number of fused-ring (bicyclic) bond motifs is 2. The second kappa shape index (κ2) is 13.4. The Labute approximate surface area is 285 Å². The first-order valence-electron chi connectivity index (χ1n) is 17.3. The molecule has 0 amide bonds. The fourth-order valence-corrected chi connectivity index (χ4v) is 5.57. The average molecular weight is 771 g/mol. The minimum atomic E-state index is -2.44. The molecule has 44 heavy (non-hydrogen) atoms. The number of hydrogen-bond acceptors (Lipinski definition) is 7. The van der Waals surface area contributed by atoms with E-state index in [0.29, 0.717) is 40.3 Å². The fourth-order valence-electron chi connectivity index (χ4n) is 5.57. The van der Waals surface area contributed by atoms with Crippen LogP contribution < -0.4 is 19.6 Å². The molecule has 2 aromatic carbocycles. The minimum absolute atomic E-state index is 0. The maximum Gasteiger partial charge on any atom is 4.00 e. The molecule has 0 N–H and O–H groups in total. The Morgan fingerprint density at radius 1 is 0.750 bits per heavy atom. The van der Waals surface area contributed by atoms with Gasteiger partial charge < -0.3 is 31.4 Å². The van der Waals surface area contributed by atoms with Crippen molar-refractivity contribution < 1.29 is 29.3 Å². The van der Waals surface area contributed by atoms with E-state index in [4.69, 9.17) is 20.1 Å². The molecule has 2 aliphatic rings. The van der Waals surface area contributed by atoms with Crippen LogP contribution in [0.4, 0.5) is 34.4 Å². The van der Waals surface area contributed by atoms with Gasteiger partial charge in [-0.15, -0.1) is 35.1 Å². The summed E-state index contributed by atoms with van der Waals surface area (Å²) >= 11 is 0. The molecular formula is C36H39N7Pt. The summed E-state index contributed by atoms with van der Waals surface area (Å²) in [6, 6.07) is 19.0. The van der Waals surface area contributed by atoms with Crippen LogP contribution in [-0.2, 0) is 21.1 Å². The largest absolute Gasteiger partial charge is 4.00 e. The molecule has 0 spiro atoms. The summed E-state index contributed by atoms with van der Waals surface area (Å²) in [6.07, 6.45) is 3.27. The molecule has 7 nitrogen and oxygen atoms in total. The van der Waals surface area contributed by atoms with Crippen molar-refractivity contribution in [3.63, 3.8) is 0 Å². The van der Waals surface area contributed by atoms with E-state index in [1.54, 1.807) is 46.5 Å². The first-order valence-corrected chi connectivity index (χ1v) is 14.3. The van der Waals surface area contributed by atoms with Crippen LogP contribution in [0.15, 0.2) is 60.9 Å². The van der Waals surface area contributed by atoms with Crippen molar-refractivity contribution in [2.75, 3.05) is 33.6 Å². The molecule has 0 fully saturated rings. The number of aromatic nitrogens is 2. The van der Waals surface area contributed by atoms with Crippen LogP contribution >= 0.6 is 0 Å². The molecule has 228 valence electrons. The van der Waals surface area contributed by atoms with Gasteiger partial charge in [0.25, 0.3) is 0 Å². The van der Waals surface area contributed by atoms with Gasteiger partial charge in [0.1, 0.15) is 11.6 Å². The maximum absolute atomic E-state index is 8.22. The van der Waals surface area contributed by atoms with Gasteiger partial charge in [-0.25, -0.2) is 9.97 Å². The van der Waals surface area contributed by atoms with E-state index >= 15 is 0 Å². The predicted molar refractivity (Wildman–Crippen MR) is 176 cm³/mol. The van der Waals surface area contributed by atoms with Crippen molar-refractivity contribution in [3.8, 4) is 11.1 Å². The van der Waals surface area contributed by atoms with Crippen molar-refractivity contribution in [1.82, 2.24) is 9.97 Å². The smallest absolute Gasteiger partial charge is 0.512 e. The van der Waals surface area contributed by atoms with Crippen LogP contribution in [0.5, 0.6) is 0 Å². The molecule has 0 unspecified atom stereocenters. The SMILES string of the molecule is [2H]C([2H])([2H])N1[CH-]N(c2[c-]c(N3[CH-]N(C([2H])([2H])[2H])c4cccnc43)cc(-c3c(C(C)C)cc(C(C)C)cc3C(C)C)c2)c2ncccc21.[C-]#N.[Pt+4]. The van der Waals surface area contributed by atoms with Crippen LogP contribution in [0.25, 0.3) is 11.1 Å². The van der Waals surface area contributed by atoms with E-state index in [-0.39, 0.29) is 32.9 Å². The third kappa shape index (κ3) is 5.93. The predicted octanol–water partition coefficient (Wildman–Crippen LogP) is 8.82. The number of rotatable bonds is 6. The van der Waals surface area contributed by atoms with Crippen molar-refractivity contribution >= 4 is 34.4 Å². The Kier molecular flexibility index (Phi) is 7.75. The molecule has 0 bridgehead atoms. The molecule has 4 heterocycles. The van der Waals surface area contributed by atoms with Gasteiger partial charge in [0.15, 0.2) is 0 Å². The molecule has 0 saturated carbocycles. The van der Waals surface area contributed by atoms with Crippen LogP contribution in [0, 0.1) is 31.2 Å². The van der Waals surface area contributed by atoms with Gasteiger partial charge in [-0.1, -0.05) is 53.7 Å². The van der Waals surface area contributed by atoms with Gasteiger partial charge in [-0.3, -0.25) is 0 Å². The van der Waals surface area contributed by atoms with E-state index < -0.39 is 14.0 Å². The minimum Gasteiger partial charge on any atom is -0.512 e. The second-order valence-electron chi connectivity index (χ2n) is 11.6. The van der Waals surface area contributed by atoms with E-state index in [1.807, 2.05) is 12.1 Å². The molecule has 2 aromatic heterocycles. The van der Waals surface area contributed by atoms with Crippen molar-refractivity contribution in [2.24, 2.45) is 0 Å². The molecule has 0 saturated heterocycles. The topological polar surface area (TPSA) is 62.5 Å². The van der Waals surface area contributed by atoms with Crippen LogP contribution in [-0.4, -0.2) is 23.9 Å². The first kappa shape index (κ1) is 25.4. The van der Waals surface area contributed by atoms with Crippen LogP contribution in [0.3, 0.4) is 0 Å². The van der Waals surface area contributed by atoms with E-state index in [0.717, 1.165) is 11.1 Å². The second-order valence-corrected chi connectivity index (χ2v) is 11.6. The van der Waals surface area contributed by atoms with Gasteiger partial charge in [0.05, 0.1) is 0 Å². The summed E-state index contributed by atoms with van der Waals surface area (Å²) in [5.74, 6) is 1.67. The van der Waals surface area contributed by atoms with E-state index in [1.165, 1.54) is 39.8 Å². The molecule has 8 heteroatoms. The Hall–Kier alpha value is -3.88. The Morgan fingerprint density at radius 3 is 1.59 bits per heavy atom. The van der Waals surface area contributed by atoms with Crippen molar-refractivity contribution in [2.45, 2.75) is 59.3 Å². The number of nitrogens with zero attached hydrogens (tertiary/aromatic N) is 7. The number of pyridine rings is 2. The van der Waals surface area contributed by atoms with Crippen molar-refractivity contribution in [1.29, 1.82) is 5.26 Å². The van der Waals surface area contributed by atoms with E-state index in [2.05, 4.69) is 69.7 Å². The summed E-state index contributed by atoms with van der Waals surface area (Å²) in [4.78, 5) is 15.1. The zero-order chi connectivity index (χ0) is 36.0. The summed E-state index contributed by atoms with van der Waals surface area (Å²) < 4.78 is 49.3. The van der Waals surface area contributed by atoms with Crippen LogP contribution in [0.2, 0.25) is 0 Å². The summed E-state index contributed by atoms with van der Waals surface area (Å²) in [6.45, 7) is 16.1. The normalized spacial score (nSPS) is 16.2. The third-order valence-corrected chi connectivity index (χ3v) is 7.75. The number of anilines is 6. The van der Waals surface area contributed by atoms with Gasteiger partial charge in [-0.2, -0.15) is 13.3 Å². The molecule has 2 aliphatic heterocycles. The molecule has 0 atom stereocenters. The number of benzene rings is 2. The van der Waals surface area contributed by atoms with Gasteiger partial charge in [-0.05, 0) is 78.2 Å². The third-order valence-electron chi connectivity index (χ3n) is 7.75. The Bertz CT molecular complexity index is 1740. The summed E-state index contributed by atoms with van der Waals surface area (Å²) in [5.41, 5.74) is 7.67.